The minimum absolute atomic E-state index is 0.0394. The summed E-state index contributed by atoms with van der Waals surface area (Å²) in [4.78, 5) is 19.3. The van der Waals surface area contributed by atoms with Crippen LogP contribution in [0.1, 0.15) is 38.3 Å². The van der Waals surface area contributed by atoms with Crippen LogP contribution in [0, 0.1) is 5.92 Å². The van der Waals surface area contributed by atoms with Crippen molar-refractivity contribution in [1.82, 2.24) is 15.2 Å². The van der Waals surface area contributed by atoms with Crippen LogP contribution in [0.4, 0.5) is 0 Å². The lowest BCUT2D eigenvalue weighted by Crippen LogP contribution is -2.35. The summed E-state index contributed by atoms with van der Waals surface area (Å²) in [5, 5.41) is 6.51. The Morgan fingerprint density at radius 2 is 2.22 bits per heavy atom. The number of hydrogen-bond acceptors (Lipinski definition) is 4. The normalized spacial score (nSPS) is 17.8. The van der Waals surface area contributed by atoms with E-state index < -0.39 is 0 Å². The molecule has 3 rings (SSSR count). The van der Waals surface area contributed by atoms with Gasteiger partial charge in [-0.1, -0.05) is 36.7 Å². The van der Waals surface area contributed by atoms with Crippen LogP contribution in [0.25, 0.3) is 10.6 Å². The number of piperidine rings is 1. The van der Waals surface area contributed by atoms with Gasteiger partial charge >= 0.3 is 0 Å². The SMILES string of the molecule is CC1CCCN(CCCCNC(=O)Cc2csc(-c3ccccc3Cl)n2)C1. The van der Waals surface area contributed by atoms with Gasteiger partial charge in [0.2, 0.25) is 5.91 Å². The Labute approximate surface area is 170 Å². The van der Waals surface area contributed by atoms with Gasteiger partial charge in [-0.2, -0.15) is 0 Å². The Morgan fingerprint density at radius 3 is 3.04 bits per heavy atom. The molecule has 0 aliphatic carbocycles. The summed E-state index contributed by atoms with van der Waals surface area (Å²) >= 11 is 7.75. The van der Waals surface area contributed by atoms with E-state index in [-0.39, 0.29) is 5.91 Å². The molecular weight excluding hydrogens is 378 g/mol. The van der Waals surface area contributed by atoms with Gasteiger partial charge in [0.15, 0.2) is 0 Å². The first-order chi connectivity index (χ1) is 13.1. The van der Waals surface area contributed by atoms with Crippen LogP contribution in [-0.2, 0) is 11.2 Å². The van der Waals surface area contributed by atoms with Gasteiger partial charge in [0.25, 0.3) is 0 Å². The van der Waals surface area contributed by atoms with Crippen molar-refractivity contribution in [2.24, 2.45) is 5.92 Å². The van der Waals surface area contributed by atoms with Crippen molar-refractivity contribution in [3.8, 4) is 10.6 Å². The van der Waals surface area contributed by atoms with Gasteiger partial charge in [0, 0.05) is 24.0 Å². The number of likely N-dealkylation sites (tertiary alicyclic amines) is 1. The molecule has 27 heavy (non-hydrogen) atoms. The molecule has 1 saturated heterocycles. The van der Waals surface area contributed by atoms with E-state index in [1.165, 1.54) is 37.3 Å². The fourth-order valence-corrected chi connectivity index (χ4v) is 4.69. The number of amides is 1. The van der Waals surface area contributed by atoms with Crippen LogP contribution in [-0.4, -0.2) is 42.0 Å². The molecule has 1 atom stereocenters. The first-order valence-electron chi connectivity index (χ1n) is 9.80. The van der Waals surface area contributed by atoms with Crippen molar-refractivity contribution in [3.05, 3.63) is 40.4 Å². The molecule has 4 nitrogen and oxygen atoms in total. The molecular formula is C21H28ClN3OS. The zero-order valence-electron chi connectivity index (χ0n) is 15.9. The zero-order valence-corrected chi connectivity index (χ0v) is 17.5. The van der Waals surface area contributed by atoms with Gasteiger partial charge in [-0.25, -0.2) is 4.98 Å². The maximum Gasteiger partial charge on any atom is 0.226 e. The van der Waals surface area contributed by atoms with Crippen molar-refractivity contribution in [1.29, 1.82) is 0 Å². The fourth-order valence-electron chi connectivity index (χ4n) is 3.55. The average molecular weight is 406 g/mol. The maximum absolute atomic E-state index is 12.2. The van der Waals surface area contributed by atoms with E-state index in [2.05, 4.69) is 22.1 Å². The molecule has 1 N–H and O–H groups in total. The third-order valence-corrected chi connectivity index (χ3v) is 6.22. The molecule has 0 saturated carbocycles. The molecule has 1 aliphatic rings. The second-order valence-corrected chi connectivity index (χ2v) is 8.67. The number of carbonyl (C=O) groups is 1. The monoisotopic (exact) mass is 405 g/mol. The molecule has 2 aromatic rings. The molecule has 1 unspecified atom stereocenters. The third kappa shape index (κ3) is 6.30. The van der Waals surface area contributed by atoms with Crippen molar-refractivity contribution >= 4 is 28.8 Å². The van der Waals surface area contributed by atoms with Gasteiger partial charge in [0.1, 0.15) is 5.01 Å². The van der Waals surface area contributed by atoms with E-state index in [4.69, 9.17) is 11.6 Å². The van der Waals surface area contributed by atoms with E-state index in [0.717, 1.165) is 48.1 Å². The van der Waals surface area contributed by atoms with Gasteiger partial charge in [-0.05, 0) is 50.8 Å². The van der Waals surface area contributed by atoms with E-state index in [1.54, 1.807) is 0 Å². The van der Waals surface area contributed by atoms with Crippen molar-refractivity contribution in [3.63, 3.8) is 0 Å². The van der Waals surface area contributed by atoms with Crippen molar-refractivity contribution < 1.29 is 4.79 Å². The topological polar surface area (TPSA) is 45.2 Å². The molecule has 0 spiro atoms. The summed E-state index contributed by atoms with van der Waals surface area (Å²) in [6.07, 6.45) is 5.17. The quantitative estimate of drug-likeness (QED) is 0.651. The van der Waals surface area contributed by atoms with Crippen LogP contribution < -0.4 is 5.32 Å². The number of benzene rings is 1. The number of unbranched alkanes of at least 4 members (excludes halogenated alkanes) is 1. The minimum Gasteiger partial charge on any atom is -0.356 e. The maximum atomic E-state index is 12.2. The number of carbonyl (C=O) groups excluding carboxylic acids is 1. The van der Waals surface area contributed by atoms with Crippen molar-refractivity contribution in [2.45, 2.75) is 39.0 Å². The fraction of sp³-hybridized carbons (Fsp3) is 0.524. The molecule has 0 bridgehead atoms. The smallest absolute Gasteiger partial charge is 0.226 e. The number of nitrogens with one attached hydrogen (secondary N) is 1. The van der Waals surface area contributed by atoms with E-state index in [1.807, 2.05) is 29.6 Å². The molecule has 6 heteroatoms. The van der Waals surface area contributed by atoms with E-state index in [0.29, 0.717) is 11.4 Å². The summed E-state index contributed by atoms with van der Waals surface area (Å²) in [5.41, 5.74) is 1.72. The predicted molar refractivity (Wildman–Crippen MR) is 113 cm³/mol. The highest BCUT2D eigenvalue weighted by molar-refractivity contribution is 7.13. The minimum atomic E-state index is 0.0394. The Hall–Kier alpha value is -1.43. The number of nitrogens with zero attached hydrogens (tertiary/aromatic N) is 2. The Balaban J connectivity index is 1.36. The Kier molecular flexibility index (Phi) is 7.68. The summed E-state index contributed by atoms with van der Waals surface area (Å²) in [6, 6.07) is 7.66. The number of halogens is 1. The largest absolute Gasteiger partial charge is 0.356 e. The number of rotatable bonds is 8. The predicted octanol–water partition coefficient (Wildman–Crippen LogP) is 4.63. The highest BCUT2D eigenvalue weighted by Crippen LogP contribution is 2.30. The molecule has 1 amide bonds. The third-order valence-electron chi connectivity index (χ3n) is 4.96. The van der Waals surface area contributed by atoms with Crippen LogP contribution in [0.2, 0.25) is 5.02 Å². The summed E-state index contributed by atoms with van der Waals surface area (Å²) in [7, 11) is 0. The molecule has 146 valence electrons. The molecule has 0 radical (unpaired) electrons. The number of aromatic nitrogens is 1. The second-order valence-electron chi connectivity index (χ2n) is 7.41. The first-order valence-corrected chi connectivity index (χ1v) is 11.1. The van der Waals surface area contributed by atoms with Crippen LogP contribution in [0.5, 0.6) is 0 Å². The lowest BCUT2D eigenvalue weighted by molar-refractivity contribution is -0.120. The highest BCUT2D eigenvalue weighted by atomic mass is 35.5. The molecule has 1 aromatic heterocycles. The lowest BCUT2D eigenvalue weighted by Gasteiger charge is -2.30. The van der Waals surface area contributed by atoms with E-state index >= 15 is 0 Å². The Morgan fingerprint density at radius 1 is 1.37 bits per heavy atom. The number of hydrogen-bond donors (Lipinski definition) is 1. The highest BCUT2D eigenvalue weighted by Gasteiger charge is 2.15. The standard InChI is InChI=1S/C21H28ClN3OS/c1-16-7-6-12-25(14-16)11-5-4-10-23-20(26)13-17-15-27-21(24-17)18-8-2-3-9-19(18)22/h2-3,8-9,15-16H,4-7,10-14H2,1H3,(H,23,26). The first kappa shape index (κ1) is 20.3. The van der Waals surface area contributed by atoms with Crippen LogP contribution >= 0.6 is 22.9 Å². The average Bonchev–Trinajstić information content (AvgIpc) is 3.10. The number of thiazole rings is 1. The van der Waals surface area contributed by atoms with Gasteiger partial charge < -0.3 is 10.2 Å². The van der Waals surface area contributed by atoms with Gasteiger partial charge in [0.05, 0.1) is 17.1 Å². The zero-order chi connectivity index (χ0) is 19.1. The second kappa shape index (κ2) is 10.2. The van der Waals surface area contributed by atoms with Gasteiger partial charge in [-0.15, -0.1) is 11.3 Å². The summed E-state index contributed by atoms with van der Waals surface area (Å²) in [6.45, 7) is 6.68. The summed E-state index contributed by atoms with van der Waals surface area (Å²) in [5.74, 6) is 0.866. The molecule has 1 aliphatic heterocycles. The summed E-state index contributed by atoms with van der Waals surface area (Å²) < 4.78 is 0. The van der Waals surface area contributed by atoms with Crippen molar-refractivity contribution in [2.75, 3.05) is 26.2 Å². The van der Waals surface area contributed by atoms with Crippen LogP contribution in [0.15, 0.2) is 29.6 Å². The lowest BCUT2D eigenvalue weighted by atomic mass is 10.0. The Bertz CT molecular complexity index is 749. The molecule has 1 fully saturated rings. The molecule has 2 heterocycles. The van der Waals surface area contributed by atoms with E-state index in [9.17, 15) is 4.79 Å². The van der Waals surface area contributed by atoms with Gasteiger partial charge in [-0.3, -0.25) is 4.79 Å². The molecule has 1 aromatic carbocycles. The van der Waals surface area contributed by atoms with Crippen LogP contribution in [0.3, 0.4) is 0 Å².